The van der Waals surface area contributed by atoms with Crippen molar-refractivity contribution >= 4 is 0 Å². The molecule has 0 rings (SSSR count). The van der Waals surface area contributed by atoms with Gasteiger partial charge in [-0.2, -0.15) is 0 Å². The minimum Gasteiger partial charge on any atom is -0.259 e. The summed E-state index contributed by atoms with van der Waals surface area (Å²) in [4.78, 5) is 0. The molecule has 74 valence electrons. The van der Waals surface area contributed by atoms with Crippen molar-refractivity contribution in [1.29, 1.82) is 0 Å². The van der Waals surface area contributed by atoms with Crippen molar-refractivity contribution in [1.82, 2.24) is 10.4 Å². The SMILES string of the molecule is CCCCC(CC)CN(C)NC. The first-order valence-electron chi connectivity index (χ1n) is 5.13. The minimum atomic E-state index is 0.863. The molecule has 0 aromatic heterocycles. The zero-order chi connectivity index (χ0) is 9.40. The predicted molar refractivity (Wildman–Crippen MR) is 55.0 cm³/mol. The van der Waals surface area contributed by atoms with Gasteiger partial charge in [0, 0.05) is 13.6 Å². The van der Waals surface area contributed by atoms with Crippen LogP contribution in [0.25, 0.3) is 0 Å². The van der Waals surface area contributed by atoms with Gasteiger partial charge in [-0.3, -0.25) is 5.43 Å². The molecule has 0 saturated heterocycles. The lowest BCUT2D eigenvalue weighted by Crippen LogP contribution is -2.35. The van der Waals surface area contributed by atoms with Crippen LogP contribution in [0.5, 0.6) is 0 Å². The normalized spacial score (nSPS) is 13.8. The van der Waals surface area contributed by atoms with Gasteiger partial charge in [-0.15, -0.1) is 0 Å². The average Bonchev–Trinajstić information content (AvgIpc) is 2.11. The Kier molecular flexibility index (Phi) is 7.51. The molecule has 1 atom stereocenters. The molecule has 0 aromatic carbocycles. The molecule has 1 N–H and O–H groups in total. The Balaban J connectivity index is 3.51. The Morgan fingerprint density at radius 3 is 2.42 bits per heavy atom. The molecular formula is C10H24N2. The van der Waals surface area contributed by atoms with Crippen molar-refractivity contribution in [3.8, 4) is 0 Å². The van der Waals surface area contributed by atoms with Gasteiger partial charge in [0.05, 0.1) is 0 Å². The van der Waals surface area contributed by atoms with Crippen LogP contribution >= 0.6 is 0 Å². The van der Waals surface area contributed by atoms with E-state index < -0.39 is 0 Å². The number of unbranched alkanes of at least 4 members (excludes halogenated alkanes) is 1. The second-order valence-corrected chi connectivity index (χ2v) is 3.52. The van der Waals surface area contributed by atoms with E-state index in [1.165, 1.54) is 32.2 Å². The lowest BCUT2D eigenvalue weighted by Gasteiger charge is -2.21. The molecule has 0 aliphatic heterocycles. The number of nitrogens with zero attached hydrogens (tertiary/aromatic N) is 1. The second kappa shape index (κ2) is 7.56. The standard InChI is InChI=1S/C10H24N2/c1-5-7-8-10(6-2)9-12(4)11-3/h10-11H,5-9H2,1-4H3. The second-order valence-electron chi connectivity index (χ2n) is 3.52. The number of hydrogen-bond acceptors (Lipinski definition) is 2. The van der Waals surface area contributed by atoms with Crippen LogP contribution in [0.2, 0.25) is 0 Å². The van der Waals surface area contributed by atoms with Crippen LogP contribution in [-0.4, -0.2) is 25.6 Å². The zero-order valence-electron chi connectivity index (χ0n) is 9.06. The molecule has 0 amide bonds. The predicted octanol–water partition coefficient (Wildman–Crippen LogP) is 2.27. The molecule has 0 aromatic rings. The smallest absolute Gasteiger partial charge is 0.0156 e. The number of nitrogens with one attached hydrogen (secondary N) is 1. The van der Waals surface area contributed by atoms with E-state index in [9.17, 15) is 0 Å². The molecule has 0 aliphatic carbocycles. The third-order valence-electron chi connectivity index (χ3n) is 2.46. The number of rotatable bonds is 7. The van der Waals surface area contributed by atoms with Gasteiger partial charge < -0.3 is 0 Å². The quantitative estimate of drug-likeness (QED) is 0.593. The fraction of sp³-hybridized carbons (Fsp3) is 1.00. The molecule has 0 bridgehead atoms. The Labute approximate surface area is 77.3 Å². The first kappa shape index (κ1) is 11.9. The van der Waals surface area contributed by atoms with Gasteiger partial charge in [0.25, 0.3) is 0 Å². The highest BCUT2D eigenvalue weighted by Crippen LogP contribution is 2.12. The Morgan fingerprint density at radius 1 is 1.33 bits per heavy atom. The van der Waals surface area contributed by atoms with E-state index in [2.05, 4.69) is 31.3 Å². The third-order valence-corrected chi connectivity index (χ3v) is 2.46. The van der Waals surface area contributed by atoms with Crippen LogP contribution in [0, 0.1) is 5.92 Å². The van der Waals surface area contributed by atoms with Crippen molar-refractivity contribution in [2.75, 3.05) is 20.6 Å². The number of hydrogen-bond donors (Lipinski definition) is 1. The molecule has 0 spiro atoms. The van der Waals surface area contributed by atoms with Crippen LogP contribution in [0.1, 0.15) is 39.5 Å². The summed E-state index contributed by atoms with van der Waals surface area (Å²) in [5.74, 6) is 0.863. The maximum absolute atomic E-state index is 3.14. The average molecular weight is 172 g/mol. The third kappa shape index (κ3) is 5.56. The molecule has 1 unspecified atom stereocenters. The van der Waals surface area contributed by atoms with E-state index in [1.807, 2.05) is 7.05 Å². The lowest BCUT2D eigenvalue weighted by atomic mass is 9.99. The van der Waals surface area contributed by atoms with Crippen molar-refractivity contribution in [3.05, 3.63) is 0 Å². The monoisotopic (exact) mass is 172 g/mol. The lowest BCUT2D eigenvalue weighted by molar-refractivity contribution is 0.206. The van der Waals surface area contributed by atoms with Gasteiger partial charge >= 0.3 is 0 Å². The molecule has 0 fully saturated rings. The van der Waals surface area contributed by atoms with Crippen LogP contribution < -0.4 is 5.43 Å². The fourth-order valence-electron chi connectivity index (χ4n) is 1.40. The van der Waals surface area contributed by atoms with E-state index in [4.69, 9.17) is 0 Å². The van der Waals surface area contributed by atoms with Gasteiger partial charge in [-0.05, 0) is 19.4 Å². The Bertz CT molecular complexity index is 93.8. The van der Waals surface area contributed by atoms with Gasteiger partial charge in [0.15, 0.2) is 0 Å². The summed E-state index contributed by atoms with van der Waals surface area (Å²) >= 11 is 0. The summed E-state index contributed by atoms with van der Waals surface area (Å²) in [6, 6.07) is 0. The number of hydrazine groups is 1. The first-order valence-corrected chi connectivity index (χ1v) is 5.13. The van der Waals surface area contributed by atoms with Gasteiger partial charge in [-0.1, -0.05) is 33.1 Å². The minimum absolute atomic E-state index is 0.863. The van der Waals surface area contributed by atoms with E-state index >= 15 is 0 Å². The largest absolute Gasteiger partial charge is 0.259 e. The zero-order valence-corrected chi connectivity index (χ0v) is 9.06. The topological polar surface area (TPSA) is 15.3 Å². The molecule has 0 radical (unpaired) electrons. The molecule has 2 heteroatoms. The van der Waals surface area contributed by atoms with Crippen molar-refractivity contribution in [2.45, 2.75) is 39.5 Å². The van der Waals surface area contributed by atoms with Crippen LogP contribution in [0.4, 0.5) is 0 Å². The maximum atomic E-state index is 3.14. The highest BCUT2D eigenvalue weighted by molar-refractivity contribution is 4.59. The summed E-state index contributed by atoms with van der Waals surface area (Å²) in [6.07, 6.45) is 5.36. The Hall–Kier alpha value is -0.0800. The summed E-state index contributed by atoms with van der Waals surface area (Å²) < 4.78 is 0. The van der Waals surface area contributed by atoms with Crippen molar-refractivity contribution < 1.29 is 0 Å². The highest BCUT2D eigenvalue weighted by Gasteiger charge is 2.07. The van der Waals surface area contributed by atoms with Crippen LogP contribution in [0.3, 0.4) is 0 Å². The molecule has 12 heavy (non-hydrogen) atoms. The fourth-order valence-corrected chi connectivity index (χ4v) is 1.40. The summed E-state index contributed by atoms with van der Waals surface area (Å²) in [5, 5.41) is 2.17. The van der Waals surface area contributed by atoms with Crippen molar-refractivity contribution in [2.24, 2.45) is 5.92 Å². The molecule has 0 aliphatic rings. The van der Waals surface area contributed by atoms with E-state index in [1.54, 1.807) is 0 Å². The van der Waals surface area contributed by atoms with E-state index in [0.717, 1.165) is 5.92 Å². The summed E-state index contributed by atoms with van der Waals surface area (Å²) in [6.45, 7) is 5.71. The molecular weight excluding hydrogens is 148 g/mol. The summed E-state index contributed by atoms with van der Waals surface area (Å²) in [5.41, 5.74) is 3.14. The maximum Gasteiger partial charge on any atom is 0.0156 e. The van der Waals surface area contributed by atoms with Gasteiger partial charge in [-0.25, -0.2) is 5.01 Å². The van der Waals surface area contributed by atoms with Gasteiger partial charge in [0.1, 0.15) is 0 Å². The molecule has 0 saturated carbocycles. The Morgan fingerprint density at radius 2 is 2.00 bits per heavy atom. The first-order chi connectivity index (χ1) is 5.74. The van der Waals surface area contributed by atoms with Gasteiger partial charge in [0.2, 0.25) is 0 Å². The van der Waals surface area contributed by atoms with Crippen LogP contribution in [0.15, 0.2) is 0 Å². The molecule has 2 nitrogen and oxygen atoms in total. The van der Waals surface area contributed by atoms with E-state index in [0.29, 0.717) is 0 Å². The summed E-state index contributed by atoms with van der Waals surface area (Å²) in [7, 11) is 4.08. The molecule has 0 heterocycles. The van der Waals surface area contributed by atoms with Crippen molar-refractivity contribution in [3.63, 3.8) is 0 Å². The van der Waals surface area contributed by atoms with E-state index in [-0.39, 0.29) is 0 Å². The highest BCUT2D eigenvalue weighted by atomic mass is 15.5. The van der Waals surface area contributed by atoms with Crippen LogP contribution in [-0.2, 0) is 0 Å².